The van der Waals surface area contributed by atoms with Crippen LogP contribution in [0, 0.1) is 0 Å². The van der Waals surface area contributed by atoms with Gasteiger partial charge in [-0.25, -0.2) is 0 Å². The number of fused-ring (bicyclic) bond motifs is 1. The van der Waals surface area contributed by atoms with Gasteiger partial charge in [-0.3, -0.25) is 4.79 Å². The molecule has 3 atom stereocenters. The van der Waals surface area contributed by atoms with Crippen molar-refractivity contribution in [2.45, 2.75) is 49.2 Å². The number of phenols is 3. The van der Waals surface area contributed by atoms with Crippen molar-refractivity contribution in [3.8, 4) is 23.0 Å². The lowest BCUT2D eigenvalue weighted by atomic mass is 9.89. The number of ether oxygens (including phenoxy) is 2. The number of benzene rings is 2. The predicted molar refractivity (Wildman–Crippen MR) is 123 cm³/mol. The summed E-state index contributed by atoms with van der Waals surface area (Å²) in [7, 11) is 3.88. The molecule has 2 aromatic carbocycles. The number of rotatable bonds is 8. The molecule has 0 radical (unpaired) electrons. The van der Waals surface area contributed by atoms with Crippen LogP contribution in [0.15, 0.2) is 36.4 Å². The van der Waals surface area contributed by atoms with Crippen LogP contribution >= 0.6 is 21.6 Å². The summed E-state index contributed by atoms with van der Waals surface area (Å²) in [5, 5.41) is 41.5. The van der Waals surface area contributed by atoms with Crippen molar-refractivity contribution >= 4 is 27.4 Å². The van der Waals surface area contributed by atoms with Crippen LogP contribution in [0.3, 0.4) is 0 Å². The summed E-state index contributed by atoms with van der Waals surface area (Å²) in [4.78, 5) is 13.0. The van der Waals surface area contributed by atoms with Gasteiger partial charge < -0.3 is 29.9 Å². The molecule has 172 valence electrons. The topological polar surface area (TPSA) is 116 Å². The number of carbonyl (C=O) groups is 1. The van der Waals surface area contributed by atoms with Crippen LogP contribution in [-0.2, 0) is 10.5 Å². The molecule has 0 aliphatic carbocycles. The normalized spacial score (nSPS) is 24.8. The molecule has 0 aromatic heterocycles. The fraction of sp³-hybridized carbons (Fsp3) is 0.435. The third kappa shape index (κ3) is 4.52. The molecule has 2 aliphatic rings. The van der Waals surface area contributed by atoms with Gasteiger partial charge in [0, 0.05) is 16.6 Å². The average Bonchev–Trinajstić information content (AvgIpc) is 3.29. The van der Waals surface area contributed by atoms with Crippen LogP contribution in [-0.4, -0.2) is 49.9 Å². The summed E-state index contributed by atoms with van der Waals surface area (Å²) in [6, 6.07) is 8.24. The fourth-order valence-electron chi connectivity index (χ4n) is 3.97. The van der Waals surface area contributed by atoms with Gasteiger partial charge in [-0.15, -0.1) is 0 Å². The van der Waals surface area contributed by atoms with E-state index < -0.39 is 23.4 Å². The monoisotopic (exact) mass is 478 g/mol. The third-order valence-corrected chi connectivity index (χ3v) is 8.72. The Labute approximate surface area is 194 Å². The zero-order valence-corrected chi connectivity index (χ0v) is 19.0. The van der Waals surface area contributed by atoms with Crippen molar-refractivity contribution in [2.75, 3.05) is 12.4 Å². The predicted octanol–water partition coefficient (Wildman–Crippen LogP) is 4.32. The Hall–Kier alpha value is -2.07. The minimum Gasteiger partial charge on any atom is -0.507 e. The Morgan fingerprint density at radius 1 is 1.06 bits per heavy atom. The molecule has 1 fully saturated rings. The fourth-order valence-corrected chi connectivity index (χ4v) is 7.00. The second-order valence-electron chi connectivity index (χ2n) is 7.92. The van der Waals surface area contributed by atoms with Crippen molar-refractivity contribution in [1.82, 2.24) is 0 Å². The van der Waals surface area contributed by atoms with Crippen molar-refractivity contribution in [3.05, 3.63) is 47.5 Å². The summed E-state index contributed by atoms with van der Waals surface area (Å²) < 4.78 is 12.0. The van der Waals surface area contributed by atoms with Crippen LogP contribution in [0.1, 0.15) is 48.0 Å². The molecule has 2 aliphatic heterocycles. The highest BCUT2D eigenvalue weighted by Crippen LogP contribution is 2.45. The first-order valence-corrected chi connectivity index (χ1v) is 13.0. The number of ketones is 1. The highest BCUT2D eigenvalue weighted by Gasteiger charge is 2.53. The summed E-state index contributed by atoms with van der Waals surface area (Å²) in [6.45, 7) is 0.215. The highest BCUT2D eigenvalue weighted by atomic mass is 33.1. The highest BCUT2D eigenvalue weighted by molar-refractivity contribution is 8.77. The molecule has 3 unspecified atom stereocenters. The Morgan fingerprint density at radius 2 is 1.91 bits per heavy atom. The quantitative estimate of drug-likeness (QED) is 0.250. The van der Waals surface area contributed by atoms with Crippen molar-refractivity contribution < 1.29 is 34.7 Å². The van der Waals surface area contributed by atoms with E-state index in [9.17, 15) is 25.2 Å². The first kappa shape index (κ1) is 23.1. The molecule has 2 heterocycles. The Balaban J connectivity index is 1.54. The van der Waals surface area contributed by atoms with Crippen molar-refractivity contribution in [2.24, 2.45) is 0 Å². The molecule has 2 aromatic rings. The van der Waals surface area contributed by atoms with Crippen LogP contribution < -0.4 is 4.74 Å². The summed E-state index contributed by atoms with van der Waals surface area (Å²) in [5.41, 5.74) is 0.0659. The zero-order valence-electron chi connectivity index (χ0n) is 17.4. The number of unbranched alkanes of at least 4 members (excludes halogenated alkanes) is 2. The molecule has 9 heteroatoms. The number of aliphatic hydroxyl groups is 1. The number of aromatic hydroxyl groups is 3. The van der Waals surface area contributed by atoms with Gasteiger partial charge in [0.1, 0.15) is 17.1 Å². The van der Waals surface area contributed by atoms with E-state index in [2.05, 4.69) is 0 Å². The van der Waals surface area contributed by atoms with Crippen LogP contribution in [0.2, 0.25) is 0 Å². The first-order chi connectivity index (χ1) is 15.4. The van der Waals surface area contributed by atoms with E-state index in [1.165, 1.54) is 48.6 Å². The van der Waals surface area contributed by atoms with Crippen LogP contribution in [0.4, 0.5) is 0 Å². The second kappa shape index (κ2) is 9.82. The molecule has 0 amide bonds. The standard InChI is InChI=1S/C23H26O7S2/c24-16-9-8-14(13-18(16)26)23(29-11-3-1-2-5-15-10-12-31-32-15)22(28)21(27)20-17(25)6-4-7-19(20)30-23/h4,6-9,13,15,22,24-26,28H,1-3,5,10-12H2. The molecule has 0 spiro atoms. The first-order valence-electron chi connectivity index (χ1n) is 10.6. The lowest BCUT2D eigenvalue weighted by Crippen LogP contribution is -2.54. The molecule has 32 heavy (non-hydrogen) atoms. The summed E-state index contributed by atoms with van der Waals surface area (Å²) in [6.07, 6.45) is 3.31. The molecule has 7 nitrogen and oxygen atoms in total. The van der Waals surface area contributed by atoms with Crippen LogP contribution in [0.5, 0.6) is 23.0 Å². The lowest BCUT2D eigenvalue weighted by molar-refractivity contribution is -0.239. The number of carbonyl (C=O) groups excluding carboxylic acids is 1. The third-order valence-electron chi connectivity index (χ3n) is 5.71. The minimum atomic E-state index is -1.92. The number of Topliss-reactive ketones (excluding diaryl/α,β-unsaturated/α-hetero) is 1. The molecule has 0 saturated carbocycles. The van der Waals surface area contributed by atoms with E-state index in [4.69, 9.17) is 9.47 Å². The number of phenolic OH excluding ortho intramolecular Hbond substituents is 3. The second-order valence-corrected chi connectivity index (χ2v) is 10.7. The maximum absolute atomic E-state index is 13.0. The molecular weight excluding hydrogens is 452 g/mol. The largest absolute Gasteiger partial charge is 0.507 e. The van der Waals surface area contributed by atoms with E-state index in [0.717, 1.165) is 19.3 Å². The van der Waals surface area contributed by atoms with Crippen molar-refractivity contribution in [3.63, 3.8) is 0 Å². The van der Waals surface area contributed by atoms with E-state index in [-0.39, 0.29) is 35.0 Å². The maximum Gasteiger partial charge on any atom is 0.271 e. The molecule has 1 saturated heterocycles. The number of hydrogen-bond acceptors (Lipinski definition) is 9. The summed E-state index contributed by atoms with van der Waals surface area (Å²) >= 11 is 0. The molecule has 0 bridgehead atoms. The van der Waals surface area contributed by atoms with Gasteiger partial charge in [0.2, 0.25) is 5.78 Å². The Bertz CT molecular complexity index is 977. The number of aliphatic hydroxyl groups excluding tert-OH is 1. The van der Waals surface area contributed by atoms with Gasteiger partial charge in [-0.1, -0.05) is 40.5 Å². The smallest absolute Gasteiger partial charge is 0.271 e. The zero-order chi connectivity index (χ0) is 22.7. The van der Waals surface area contributed by atoms with E-state index >= 15 is 0 Å². The van der Waals surface area contributed by atoms with Gasteiger partial charge in [-0.2, -0.15) is 0 Å². The van der Waals surface area contributed by atoms with E-state index in [1.54, 1.807) is 0 Å². The van der Waals surface area contributed by atoms with Gasteiger partial charge in [0.15, 0.2) is 17.6 Å². The Morgan fingerprint density at radius 3 is 2.66 bits per heavy atom. The van der Waals surface area contributed by atoms with E-state index in [0.29, 0.717) is 11.7 Å². The van der Waals surface area contributed by atoms with Gasteiger partial charge >= 0.3 is 0 Å². The average molecular weight is 479 g/mol. The SMILES string of the molecule is O=C1c2c(O)cccc2OC(OCCCCCC2CCSS2)(c2ccc(O)c(O)c2)C1O. The van der Waals surface area contributed by atoms with Crippen LogP contribution in [0.25, 0.3) is 0 Å². The summed E-state index contributed by atoms with van der Waals surface area (Å²) in [5.74, 6) is -2.45. The van der Waals surface area contributed by atoms with Crippen molar-refractivity contribution in [1.29, 1.82) is 0 Å². The lowest BCUT2D eigenvalue weighted by Gasteiger charge is -2.41. The Kier molecular flexibility index (Phi) is 7.09. The molecule has 4 N–H and O–H groups in total. The van der Waals surface area contributed by atoms with E-state index in [1.807, 2.05) is 21.6 Å². The molecular formula is C23H26O7S2. The number of hydrogen-bond donors (Lipinski definition) is 4. The van der Waals surface area contributed by atoms with Gasteiger partial charge in [0.25, 0.3) is 5.79 Å². The minimum absolute atomic E-state index is 0.0728. The van der Waals surface area contributed by atoms with Gasteiger partial charge in [0.05, 0.1) is 6.61 Å². The van der Waals surface area contributed by atoms with Gasteiger partial charge in [-0.05, 0) is 49.6 Å². The maximum atomic E-state index is 13.0. The molecule has 4 rings (SSSR count).